The van der Waals surface area contributed by atoms with Crippen LogP contribution in [0.25, 0.3) is 5.69 Å². The SMILES string of the molecule is Cc1c(C(=O)NCc2cccc(NC(=O)c3ccco3)c2)nnn1-c1cccc(Br)c1. The van der Waals surface area contributed by atoms with Crippen LogP contribution in [-0.4, -0.2) is 26.8 Å². The first-order valence-corrected chi connectivity index (χ1v) is 10.2. The summed E-state index contributed by atoms with van der Waals surface area (Å²) in [5.74, 6) is -0.447. The molecule has 2 heterocycles. The van der Waals surface area contributed by atoms with E-state index in [0.717, 1.165) is 15.7 Å². The van der Waals surface area contributed by atoms with Crippen LogP contribution in [-0.2, 0) is 6.54 Å². The number of aromatic nitrogens is 3. The summed E-state index contributed by atoms with van der Waals surface area (Å²) in [4.78, 5) is 24.8. The van der Waals surface area contributed by atoms with Gasteiger partial charge in [-0.15, -0.1) is 5.10 Å². The van der Waals surface area contributed by atoms with Gasteiger partial charge in [-0.05, 0) is 55.0 Å². The van der Waals surface area contributed by atoms with Crippen molar-refractivity contribution in [3.8, 4) is 5.69 Å². The van der Waals surface area contributed by atoms with Gasteiger partial charge in [0.25, 0.3) is 11.8 Å². The topological polar surface area (TPSA) is 102 Å². The van der Waals surface area contributed by atoms with Crippen molar-refractivity contribution in [1.82, 2.24) is 20.3 Å². The summed E-state index contributed by atoms with van der Waals surface area (Å²) >= 11 is 3.43. The molecule has 0 aliphatic heterocycles. The van der Waals surface area contributed by atoms with Gasteiger partial charge in [0.1, 0.15) is 0 Å². The molecule has 2 aromatic heterocycles. The van der Waals surface area contributed by atoms with Crippen LogP contribution in [0.2, 0.25) is 0 Å². The number of benzene rings is 2. The smallest absolute Gasteiger partial charge is 0.291 e. The highest BCUT2D eigenvalue weighted by molar-refractivity contribution is 9.10. The summed E-state index contributed by atoms with van der Waals surface area (Å²) in [6.45, 7) is 2.06. The Kier molecular flexibility index (Phi) is 5.94. The van der Waals surface area contributed by atoms with Gasteiger partial charge < -0.3 is 15.1 Å². The highest BCUT2D eigenvalue weighted by Crippen LogP contribution is 2.18. The van der Waals surface area contributed by atoms with Crippen molar-refractivity contribution in [3.63, 3.8) is 0 Å². The lowest BCUT2D eigenvalue weighted by Gasteiger charge is -2.08. The maximum absolute atomic E-state index is 12.7. The highest BCUT2D eigenvalue weighted by Gasteiger charge is 2.17. The minimum absolute atomic E-state index is 0.225. The van der Waals surface area contributed by atoms with E-state index >= 15 is 0 Å². The molecular weight excluding hydrogens is 462 g/mol. The van der Waals surface area contributed by atoms with E-state index in [1.807, 2.05) is 30.3 Å². The third-order valence-corrected chi connectivity index (χ3v) is 5.04. The van der Waals surface area contributed by atoms with Crippen molar-refractivity contribution < 1.29 is 14.0 Å². The number of halogens is 1. The molecule has 0 spiro atoms. The van der Waals surface area contributed by atoms with E-state index < -0.39 is 0 Å². The zero-order valence-electron chi connectivity index (χ0n) is 16.5. The summed E-state index contributed by atoms with van der Waals surface area (Å²) in [5, 5.41) is 13.7. The fraction of sp³-hybridized carbons (Fsp3) is 0.0909. The molecule has 2 N–H and O–H groups in total. The molecule has 0 saturated heterocycles. The summed E-state index contributed by atoms with van der Waals surface area (Å²) in [7, 11) is 0. The number of furan rings is 1. The number of rotatable bonds is 6. The monoisotopic (exact) mass is 479 g/mol. The number of amides is 2. The summed E-state index contributed by atoms with van der Waals surface area (Å²) in [6.07, 6.45) is 1.44. The first kappa shape index (κ1) is 20.5. The zero-order chi connectivity index (χ0) is 21.8. The quantitative estimate of drug-likeness (QED) is 0.433. The lowest BCUT2D eigenvalue weighted by molar-refractivity contribution is 0.0944. The predicted octanol–water partition coefficient (Wildman–Crippen LogP) is 4.11. The molecule has 8 nitrogen and oxygen atoms in total. The molecule has 0 unspecified atom stereocenters. The van der Waals surface area contributed by atoms with Crippen LogP contribution in [0, 0.1) is 6.92 Å². The predicted molar refractivity (Wildman–Crippen MR) is 118 cm³/mol. The van der Waals surface area contributed by atoms with Gasteiger partial charge in [-0.25, -0.2) is 4.68 Å². The minimum Gasteiger partial charge on any atom is -0.459 e. The van der Waals surface area contributed by atoms with Crippen molar-refractivity contribution in [2.24, 2.45) is 0 Å². The van der Waals surface area contributed by atoms with Crippen LogP contribution < -0.4 is 10.6 Å². The number of nitrogens with zero attached hydrogens (tertiary/aromatic N) is 3. The molecule has 156 valence electrons. The van der Waals surface area contributed by atoms with E-state index in [4.69, 9.17) is 4.42 Å². The second-order valence-corrected chi connectivity index (χ2v) is 7.65. The number of anilines is 1. The molecule has 0 saturated carbocycles. The van der Waals surface area contributed by atoms with Gasteiger partial charge in [0, 0.05) is 16.7 Å². The third-order valence-electron chi connectivity index (χ3n) is 4.55. The highest BCUT2D eigenvalue weighted by atomic mass is 79.9. The summed E-state index contributed by atoms with van der Waals surface area (Å²) in [6, 6.07) is 18.0. The van der Waals surface area contributed by atoms with E-state index in [9.17, 15) is 9.59 Å². The number of carbonyl (C=O) groups excluding carboxylic acids is 2. The third kappa shape index (κ3) is 4.72. The van der Waals surface area contributed by atoms with Crippen LogP contribution in [0.15, 0.2) is 75.8 Å². The van der Waals surface area contributed by atoms with Crippen molar-refractivity contribution in [1.29, 1.82) is 0 Å². The number of nitrogens with one attached hydrogen (secondary N) is 2. The summed E-state index contributed by atoms with van der Waals surface area (Å²) < 4.78 is 7.61. The van der Waals surface area contributed by atoms with E-state index in [2.05, 4.69) is 36.9 Å². The van der Waals surface area contributed by atoms with E-state index in [1.165, 1.54) is 6.26 Å². The van der Waals surface area contributed by atoms with E-state index in [0.29, 0.717) is 11.4 Å². The van der Waals surface area contributed by atoms with Crippen molar-refractivity contribution in [2.45, 2.75) is 13.5 Å². The molecule has 31 heavy (non-hydrogen) atoms. The molecule has 0 atom stereocenters. The van der Waals surface area contributed by atoms with E-state index in [1.54, 1.807) is 41.9 Å². The Morgan fingerprint density at radius 3 is 2.68 bits per heavy atom. The first-order chi connectivity index (χ1) is 15.0. The van der Waals surface area contributed by atoms with Crippen molar-refractivity contribution >= 4 is 33.4 Å². The lowest BCUT2D eigenvalue weighted by atomic mass is 10.2. The molecule has 0 aliphatic carbocycles. The Hall–Kier alpha value is -3.72. The van der Waals surface area contributed by atoms with Gasteiger partial charge in [0.2, 0.25) is 0 Å². The van der Waals surface area contributed by atoms with Crippen LogP contribution in [0.4, 0.5) is 5.69 Å². The molecule has 0 fully saturated rings. The van der Waals surface area contributed by atoms with Crippen LogP contribution >= 0.6 is 15.9 Å². The number of hydrogen-bond acceptors (Lipinski definition) is 5. The van der Waals surface area contributed by atoms with Gasteiger partial charge in [-0.1, -0.05) is 39.3 Å². The van der Waals surface area contributed by atoms with Crippen LogP contribution in [0.5, 0.6) is 0 Å². The second-order valence-electron chi connectivity index (χ2n) is 6.73. The molecule has 0 aliphatic rings. The maximum Gasteiger partial charge on any atom is 0.291 e. The van der Waals surface area contributed by atoms with E-state index in [-0.39, 0.29) is 29.8 Å². The largest absolute Gasteiger partial charge is 0.459 e. The molecular formula is C22H18BrN5O3. The lowest BCUT2D eigenvalue weighted by Crippen LogP contribution is -2.24. The van der Waals surface area contributed by atoms with Gasteiger partial charge in [0.15, 0.2) is 11.5 Å². The Labute approximate surface area is 186 Å². The van der Waals surface area contributed by atoms with Gasteiger partial charge >= 0.3 is 0 Å². The fourth-order valence-electron chi connectivity index (χ4n) is 3.02. The Morgan fingerprint density at radius 1 is 1.06 bits per heavy atom. The minimum atomic E-state index is -0.342. The Morgan fingerprint density at radius 2 is 1.90 bits per heavy atom. The maximum atomic E-state index is 12.7. The normalized spacial score (nSPS) is 10.6. The second kappa shape index (κ2) is 8.97. The molecule has 4 aromatic rings. The van der Waals surface area contributed by atoms with Crippen LogP contribution in [0.3, 0.4) is 0 Å². The molecule has 2 aromatic carbocycles. The number of carbonyl (C=O) groups is 2. The number of hydrogen-bond donors (Lipinski definition) is 2. The summed E-state index contributed by atoms with van der Waals surface area (Å²) in [5.41, 5.74) is 3.11. The van der Waals surface area contributed by atoms with Gasteiger partial charge in [-0.2, -0.15) is 0 Å². The van der Waals surface area contributed by atoms with Crippen molar-refractivity contribution in [2.75, 3.05) is 5.32 Å². The molecule has 9 heteroatoms. The zero-order valence-corrected chi connectivity index (χ0v) is 18.1. The molecule has 4 rings (SSSR count). The van der Waals surface area contributed by atoms with Crippen molar-refractivity contribution in [3.05, 3.63) is 94.1 Å². The van der Waals surface area contributed by atoms with Crippen LogP contribution in [0.1, 0.15) is 32.3 Å². The average molecular weight is 480 g/mol. The first-order valence-electron chi connectivity index (χ1n) is 9.41. The Bertz CT molecular complexity index is 1230. The molecule has 2 amide bonds. The van der Waals surface area contributed by atoms with Gasteiger partial charge in [0.05, 0.1) is 17.6 Å². The standard InChI is InChI=1S/C22H18BrN5O3/c1-14-20(26-27-28(14)18-8-3-6-16(23)12-18)22(30)24-13-15-5-2-7-17(11-15)25-21(29)19-9-4-10-31-19/h2-12H,13H2,1H3,(H,24,30)(H,25,29). The average Bonchev–Trinajstić information content (AvgIpc) is 3.42. The molecule has 0 radical (unpaired) electrons. The molecule has 0 bridgehead atoms. The van der Waals surface area contributed by atoms with Gasteiger partial charge in [-0.3, -0.25) is 9.59 Å². The fourth-order valence-corrected chi connectivity index (χ4v) is 3.40. The Balaban J connectivity index is 1.42.